The van der Waals surface area contributed by atoms with E-state index in [1.807, 2.05) is 10.6 Å². The number of rotatable bonds is 2. The lowest BCUT2D eigenvalue weighted by Crippen LogP contribution is -1.86. The van der Waals surface area contributed by atoms with Crippen LogP contribution in [-0.4, -0.2) is 20.8 Å². The molecule has 2 aromatic heterocycles. The fourth-order valence-electron chi connectivity index (χ4n) is 1.85. The van der Waals surface area contributed by atoms with Crippen LogP contribution in [0.5, 0.6) is 5.75 Å². The smallest absolute Gasteiger partial charge is 0.151 e. The number of aromatic hydroxyl groups is 1. The Morgan fingerprint density at radius 1 is 1.06 bits per heavy atom. The first-order chi connectivity index (χ1) is 8.76. The second-order valence-electron chi connectivity index (χ2n) is 4.02. The summed E-state index contributed by atoms with van der Waals surface area (Å²) in [6, 6.07) is 10.4. The Bertz CT molecular complexity index is 714. The van der Waals surface area contributed by atoms with Gasteiger partial charge in [-0.05, 0) is 36.4 Å². The average Bonchev–Trinajstić information content (AvgIpc) is 2.82. The van der Waals surface area contributed by atoms with Crippen LogP contribution in [0.25, 0.3) is 16.9 Å². The van der Waals surface area contributed by atoms with E-state index in [1.165, 1.54) is 0 Å². The minimum atomic E-state index is 0.228. The lowest BCUT2D eigenvalue weighted by molar-refractivity contribution is 0.112. The van der Waals surface area contributed by atoms with Crippen molar-refractivity contribution in [2.45, 2.75) is 0 Å². The molecule has 0 aliphatic rings. The van der Waals surface area contributed by atoms with Crippen molar-refractivity contribution >= 4 is 11.9 Å². The normalized spacial score (nSPS) is 10.7. The molecule has 18 heavy (non-hydrogen) atoms. The highest BCUT2D eigenvalue weighted by molar-refractivity contribution is 5.75. The van der Waals surface area contributed by atoms with E-state index in [0.717, 1.165) is 23.2 Å². The van der Waals surface area contributed by atoms with Crippen LogP contribution in [-0.2, 0) is 0 Å². The predicted octanol–water partition coefficient (Wildman–Crippen LogP) is 2.52. The molecule has 4 nitrogen and oxygen atoms in total. The van der Waals surface area contributed by atoms with Crippen LogP contribution in [0.3, 0.4) is 0 Å². The number of carbonyl (C=O) groups is 1. The molecule has 0 aliphatic heterocycles. The largest absolute Gasteiger partial charge is 0.508 e. The molecule has 0 saturated carbocycles. The maximum atomic E-state index is 10.7. The van der Waals surface area contributed by atoms with Crippen LogP contribution in [0.2, 0.25) is 0 Å². The highest BCUT2D eigenvalue weighted by Crippen LogP contribution is 2.21. The molecule has 3 aromatic rings. The summed E-state index contributed by atoms with van der Waals surface area (Å²) in [6.07, 6.45) is 4.40. The van der Waals surface area contributed by atoms with E-state index < -0.39 is 0 Å². The summed E-state index contributed by atoms with van der Waals surface area (Å²) in [5.74, 6) is 0.228. The zero-order valence-electron chi connectivity index (χ0n) is 9.45. The van der Waals surface area contributed by atoms with Crippen LogP contribution in [0.15, 0.2) is 48.8 Å². The number of phenolic OH excluding ortho intramolecular Hbond substituents is 1. The topological polar surface area (TPSA) is 54.6 Å². The van der Waals surface area contributed by atoms with Crippen molar-refractivity contribution in [2.24, 2.45) is 0 Å². The zero-order valence-corrected chi connectivity index (χ0v) is 9.45. The monoisotopic (exact) mass is 238 g/mol. The van der Waals surface area contributed by atoms with Crippen LogP contribution in [0.4, 0.5) is 0 Å². The van der Waals surface area contributed by atoms with Crippen LogP contribution in [0.1, 0.15) is 10.4 Å². The number of hydrogen-bond acceptors (Lipinski definition) is 3. The third kappa shape index (κ3) is 1.73. The quantitative estimate of drug-likeness (QED) is 0.698. The number of phenols is 1. The molecule has 3 rings (SSSR count). The van der Waals surface area contributed by atoms with Crippen molar-refractivity contribution in [1.82, 2.24) is 9.38 Å². The summed E-state index contributed by atoms with van der Waals surface area (Å²) >= 11 is 0. The van der Waals surface area contributed by atoms with Crippen molar-refractivity contribution in [3.63, 3.8) is 0 Å². The van der Waals surface area contributed by atoms with E-state index in [9.17, 15) is 9.90 Å². The maximum absolute atomic E-state index is 10.7. The zero-order chi connectivity index (χ0) is 12.5. The number of fused-ring (bicyclic) bond motifs is 1. The molecule has 0 radical (unpaired) electrons. The average molecular weight is 238 g/mol. The lowest BCUT2D eigenvalue weighted by atomic mass is 10.2. The van der Waals surface area contributed by atoms with Gasteiger partial charge in [0.25, 0.3) is 0 Å². The molecular weight excluding hydrogens is 228 g/mol. The summed E-state index contributed by atoms with van der Waals surface area (Å²) in [6.45, 7) is 0. The molecule has 1 aromatic carbocycles. The summed E-state index contributed by atoms with van der Waals surface area (Å²) in [7, 11) is 0. The van der Waals surface area contributed by atoms with E-state index in [4.69, 9.17) is 0 Å². The van der Waals surface area contributed by atoms with Gasteiger partial charge in [0, 0.05) is 23.5 Å². The van der Waals surface area contributed by atoms with E-state index >= 15 is 0 Å². The number of aromatic nitrogens is 2. The molecule has 0 atom stereocenters. The van der Waals surface area contributed by atoms with Gasteiger partial charge in [0.1, 0.15) is 11.4 Å². The van der Waals surface area contributed by atoms with Gasteiger partial charge in [0.15, 0.2) is 6.29 Å². The van der Waals surface area contributed by atoms with Gasteiger partial charge in [0.05, 0.1) is 5.69 Å². The van der Waals surface area contributed by atoms with Gasteiger partial charge in [-0.2, -0.15) is 0 Å². The van der Waals surface area contributed by atoms with Crippen molar-refractivity contribution in [3.8, 4) is 17.0 Å². The van der Waals surface area contributed by atoms with Crippen molar-refractivity contribution in [3.05, 3.63) is 54.4 Å². The molecule has 0 aliphatic carbocycles. The molecule has 88 valence electrons. The number of carbonyl (C=O) groups excluding carboxylic acids is 1. The Morgan fingerprint density at radius 3 is 2.56 bits per heavy atom. The summed E-state index contributed by atoms with van der Waals surface area (Å²) < 4.78 is 1.81. The van der Waals surface area contributed by atoms with E-state index in [2.05, 4.69) is 4.98 Å². The SMILES string of the molecule is O=Cc1ccc2nc(-c3ccc(O)cc3)cn2c1. The lowest BCUT2D eigenvalue weighted by Gasteiger charge is -1.95. The summed E-state index contributed by atoms with van der Waals surface area (Å²) in [4.78, 5) is 15.2. The number of aldehydes is 1. The molecule has 2 heterocycles. The first-order valence-electron chi connectivity index (χ1n) is 5.49. The highest BCUT2D eigenvalue weighted by atomic mass is 16.3. The van der Waals surface area contributed by atoms with Crippen molar-refractivity contribution < 1.29 is 9.90 Å². The number of benzene rings is 1. The fourth-order valence-corrected chi connectivity index (χ4v) is 1.85. The van der Waals surface area contributed by atoms with Crippen LogP contribution >= 0.6 is 0 Å². The standard InChI is InChI=1S/C14H10N2O2/c17-9-10-1-6-14-15-13(8-16(14)7-10)11-2-4-12(18)5-3-11/h1-9,18H. The molecule has 1 N–H and O–H groups in total. The molecule has 0 fully saturated rings. The first kappa shape index (κ1) is 10.5. The van der Waals surface area contributed by atoms with E-state index in [-0.39, 0.29) is 5.75 Å². The molecular formula is C14H10N2O2. The Labute approximate surface area is 103 Å². The van der Waals surface area contributed by atoms with E-state index in [0.29, 0.717) is 5.56 Å². The Kier molecular flexibility index (Phi) is 2.34. The number of pyridine rings is 1. The molecule has 0 saturated heterocycles. The van der Waals surface area contributed by atoms with Gasteiger partial charge >= 0.3 is 0 Å². The van der Waals surface area contributed by atoms with Gasteiger partial charge in [-0.3, -0.25) is 4.79 Å². The Morgan fingerprint density at radius 2 is 1.83 bits per heavy atom. The molecule has 0 bridgehead atoms. The minimum absolute atomic E-state index is 0.228. The fraction of sp³-hybridized carbons (Fsp3) is 0. The number of imidazole rings is 1. The maximum Gasteiger partial charge on any atom is 0.151 e. The first-order valence-corrected chi connectivity index (χ1v) is 5.49. The van der Waals surface area contributed by atoms with Gasteiger partial charge in [0.2, 0.25) is 0 Å². The number of hydrogen-bond donors (Lipinski definition) is 1. The predicted molar refractivity (Wildman–Crippen MR) is 67.7 cm³/mol. The number of nitrogens with zero attached hydrogens (tertiary/aromatic N) is 2. The van der Waals surface area contributed by atoms with Gasteiger partial charge in [-0.1, -0.05) is 0 Å². The molecule has 0 unspecified atom stereocenters. The molecule has 4 heteroatoms. The molecule has 0 spiro atoms. The van der Waals surface area contributed by atoms with Crippen molar-refractivity contribution in [1.29, 1.82) is 0 Å². The van der Waals surface area contributed by atoms with Crippen LogP contribution in [0, 0.1) is 0 Å². The summed E-state index contributed by atoms with van der Waals surface area (Å²) in [5, 5.41) is 9.25. The third-order valence-electron chi connectivity index (χ3n) is 2.77. The van der Waals surface area contributed by atoms with Gasteiger partial charge < -0.3 is 9.51 Å². The van der Waals surface area contributed by atoms with Gasteiger partial charge in [-0.25, -0.2) is 4.98 Å². The Hall–Kier alpha value is -2.62. The second-order valence-corrected chi connectivity index (χ2v) is 4.02. The third-order valence-corrected chi connectivity index (χ3v) is 2.77. The Balaban J connectivity index is 2.12. The van der Waals surface area contributed by atoms with Gasteiger partial charge in [-0.15, -0.1) is 0 Å². The molecule has 0 amide bonds. The summed E-state index contributed by atoms with van der Waals surface area (Å²) in [5.41, 5.74) is 3.11. The highest BCUT2D eigenvalue weighted by Gasteiger charge is 2.04. The van der Waals surface area contributed by atoms with E-state index in [1.54, 1.807) is 42.6 Å². The van der Waals surface area contributed by atoms with Crippen LogP contribution < -0.4 is 0 Å². The minimum Gasteiger partial charge on any atom is -0.508 e. The second kappa shape index (κ2) is 4.00. The van der Waals surface area contributed by atoms with Crippen molar-refractivity contribution in [2.75, 3.05) is 0 Å².